The molecule has 0 atom stereocenters. The third-order valence-corrected chi connectivity index (χ3v) is 7.03. The summed E-state index contributed by atoms with van der Waals surface area (Å²) in [6, 6.07) is 28.8. The van der Waals surface area contributed by atoms with Gasteiger partial charge in [0.2, 0.25) is 0 Å². The van der Waals surface area contributed by atoms with Gasteiger partial charge in [0.15, 0.2) is 0 Å². The van der Waals surface area contributed by atoms with Crippen LogP contribution in [0.2, 0.25) is 0 Å². The predicted molar refractivity (Wildman–Crippen MR) is 172 cm³/mol. The van der Waals surface area contributed by atoms with Gasteiger partial charge in [-0.25, -0.2) is 0 Å². The van der Waals surface area contributed by atoms with Gasteiger partial charge in [0.05, 0.1) is 49.8 Å². The number of ether oxygens (including phenoxy) is 4. The molecule has 0 spiro atoms. The number of aromatic nitrogens is 2. The number of pyridine rings is 2. The molecule has 2 aromatic heterocycles. The van der Waals surface area contributed by atoms with E-state index in [9.17, 15) is 9.59 Å². The first-order valence-electron chi connectivity index (χ1n) is 14.6. The number of nitrogens with one attached hydrogen (secondary N) is 2. The summed E-state index contributed by atoms with van der Waals surface area (Å²) < 4.78 is 23.6. The van der Waals surface area contributed by atoms with Crippen LogP contribution in [0, 0.1) is 0 Å². The number of amides is 2. The number of para-hydroxylation sites is 2. The van der Waals surface area contributed by atoms with Crippen LogP contribution in [0.15, 0.2) is 109 Å². The molecule has 0 bridgehead atoms. The zero-order chi connectivity index (χ0) is 32.1. The molecular formula is C36H34N4O6. The summed E-state index contributed by atoms with van der Waals surface area (Å²) in [5.41, 5.74) is 3.72. The van der Waals surface area contributed by atoms with Gasteiger partial charge in [0, 0.05) is 23.5 Å². The number of benzene rings is 3. The van der Waals surface area contributed by atoms with Crippen molar-refractivity contribution in [2.24, 2.45) is 0 Å². The highest BCUT2D eigenvalue weighted by Crippen LogP contribution is 2.32. The lowest BCUT2D eigenvalue weighted by Crippen LogP contribution is -2.24. The molecule has 3 aromatic carbocycles. The van der Waals surface area contributed by atoms with Crippen LogP contribution in [-0.2, 0) is 26.3 Å². The highest BCUT2D eigenvalue weighted by molar-refractivity contribution is 5.97. The van der Waals surface area contributed by atoms with Crippen molar-refractivity contribution in [3.63, 3.8) is 0 Å². The number of carbonyl (C=O) groups excluding carboxylic acids is 2. The van der Waals surface area contributed by atoms with Crippen LogP contribution in [0.3, 0.4) is 0 Å². The maximum Gasteiger partial charge on any atom is 0.255 e. The monoisotopic (exact) mass is 618 g/mol. The summed E-state index contributed by atoms with van der Waals surface area (Å²) in [6.07, 6.45) is 3.36. The molecule has 2 amide bonds. The number of methoxy groups -OCH3 is 2. The average Bonchev–Trinajstić information content (AvgIpc) is 3.12. The van der Waals surface area contributed by atoms with Crippen molar-refractivity contribution < 1.29 is 28.5 Å². The Kier molecular flexibility index (Phi) is 10.8. The van der Waals surface area contributed by atoms with E-state index in [1.807, 2.05) is 48.5 Å². The molecule has 0 aliphatic heterocycles. The van der Waals surface area contributed by atoms with E-state index in [1.54, 1.807) is 75.1 Å². The fourth-order valence-corrected chi connectivity index (χ4v) is 4.66. The van der Waals surface area contributed by atoms with Crippen LogP contribution >= 0.6 is 0 Å². The van der Waals surface area contributed by atoms with E-state index in [2.05, 4.69) is 20.6 Å². The summed E-state index contributed by atoms with van der Waals surface area (Å²) in [7, 11) is 3.13. The Morgan fingerprint density at radius 2 is 0.978 bits per heavy atom. The molecule has 5 rings (SSSR count). The third kappa shape index (κ3) is 8.17. The first-order valence-corrected chi connectivity index (χ1v) is 14.6. The standard InChI is InChI=1S/C36H34N4O6/c1-43-33-19-26(24-46-32-16-6-4-14-30(32)36(42)40-22-28-12-8-10-18-38-28)34(44-2)20-25(33)23-45-31-15-5-3-13-29(31)35(41)39-21-27-11-7-9-17-37-27/h3-20H,21-24H2,1-2H3,(H,39,41)(H,40,42). The van der Waals surface area contributed by atoms with Crippen molar-refractivity contribution in [3.05, 3.63) is 143 Å². The minimum atomic E-state index is -0.274. The highest BCUT2D eigenvalue weighted by Gasteiger charge is 2.17. The third-order valence-electron chi connectivity index (χ3n) is 7.03. The minimum absolute atomic E-state index is 0.116. The van der Waals surface area contributed by atoms with Gasteiger partial charge in [-0.1, -0.05) is 36.4 Å². The van der Waals surface area contributed by atoms with Crippen LogP contribution in [0.4, 0.5) is 0 Å². The summed E-state index contributed by atoms with van der Waals surface area (Å²) >= 11 is 0. The maximum absolute atomic E-state index is 13.0. The Morgan fingerprint density at radius 3 is 1.37 bits per heavy atom. The fourth-order valence-electron chi connectivity index (χ4n) is 4.66. The van der Waals surface area contributed by atoms with Gasteiger partial charge in [0.25, 0.3) is 11.8 Å². The molecule has 2 N–H and O–H groups in total. The summed E-state index contributed by atoms with van der Waals surface area (Å²) in [4.78, 5) is 34.4. The second kappa shape index (κ2) is 15.7. The molecule has 10 heteroatoms. The second-order valence-electron chi connectivity index (χ2n) is 10.1. The number of nitrogens with zero attached hydrogens (tertiary/aromatic N) is 2. The van der Waals surface area contributed by atoms with Crippen molar-refractivity contribution in [1.29, 1.82) is 0 Å². The van der Waals surface area contributed by atoms with Crippen LogP contribution in [-0.4, -0.2) is 36.0 Å². The topological polar surface area (TPSA) is 121 Å². The summed E-state index contributed by atoms with van der Waals surface area (Å²) in [5.74, 6) is 1.41. The van der Waals surface area contributed by atoms with Crippen LogP contribution in [0.25, 0.3) is 0 Å². The maximum atomic E-state index is 13.0. The van der Waals surface area contributed by atoms with E-state index in [1.165, 1.54) is 0 Å². The quantitative estimate of drug-likeness (QED) is 0.167. The number of carbonyl (C=O) groups is 2. The lowest BCUT2D eigenvalue weighted by Gasteiger charge is -2.17. The van der Waals surface area contributed by atoms with E-state index in [0.717, 1.165) is 11.4 Å². The molecule has 0 radical (unpaired) electrons. The first kappa shape index (κ1) is 31.5. The van der Waals surface area contributed by atoms with Crippen molar-refractivity contribution in [2.45, 2.75) is 26.3 Å². The molecule has 5 aromatic rings. The molecule has 0 aliphatic carbocycles. The minimum Gasteiger partial charge on any atom is -0.496 e. The van der Waals surface area contributed by atoms with Crippen LogP contribution in [0.5, 0.6) is 23.0 Å². The lowest BCUT2D eigenvalue weighted by molar-refractivity contribution is 0.0937. The van der Waals surface area contributed by atoms with Gasteiger partial charge in [-0.2, -0.15) is 0 Å². The zero-order valence-electron chi connectivity index (χ0n) is 25.6. The highest BCUT2D eigenvalue weighted by atomic mass is 16.5. The number of hydrogen-bond donors (Lipinski definition) is 2. The molecule has 0 saturated heterocycles. The molecule has 0 aliphatic rings. The summed E-state index contributed by atoms with van der Waals surface area (Å²) in [5, 5.41) is 5.77. The van der Waals surface area contributed by atoms with Gasteiger partial charge < -0.3 is 29.6 Å². The second-order valence-corrected chi connectivity index (χ2v) is 10.1. The normalized spacial score (nSPS) is 10.5. The fraction of sp³-hybridized carbons (Fsp3) is 0.167. The molecule has 2 heterocycles. The molecule has 0 fully saturated rings. The lowest BCUT2D eigenvalue weighted by atomic mass is 10.1. The smallest absolute Gasteiger partial charge is 0.255 e. The van der Waals surface area contributed by atoms with E-state index in [-0.39, 0.29) is 25.0 Å². The molecular weight excluding hydrogens is 584 g/mol. The van der Waals surface area contributed by atoms with E-state index in [0.29, 0.717) is 58.3 Å². The van der Waals surface area contributed by atoms with E-state index in [4.69, 9.17) is 18.9 Å². The van der Waals surface area contributed by atoms with Gasteiger partial charge >= 0.3 is 0 Å². The Labute approximate surface area is 267 Å². The largest absolute Gasteiger partial charge is 0.496 e. The van der Waals surface area contributed by atoms with Crippen molar-refractivity contribution in [3.8, 4) is 23.0 Å². The van der Waals surface area contributed by atoms with E-state index < -0.39 is 0 Å². The number of hydrogen-bond acceptors (Lipinski definition) is 8. The van der Waals surface area contributed by atoms with E-state index >= 15 is 0 Å². The zero-order valence-corrected chi connectivity index (χ0v) is 25.6. The van der Waals surface area contributed by atoms with Gasteiger partial charge in [-0.15, -0.1) is 0 Å². The molecule has 46 heavy (non-hydrogen) atoms. The van der Waals surface area contributed by atoms with Crippen LogP contribution in [0.1, 0.15) is 43.2 Å². The van der Waals surface area contributed by atoms with Gasteiger partial charge in [-0.3, -0.25) is 19.6 Å². The average molecular weight is 619 g/mol. The Hall–Kier alpha value is -5.90. The number of rotatable bonds is 14. The van der Waals surface area contributed by atoms with Crippen LogP contribution < -0.4 is 29.6 Å². The van der Waals surface area contributed by atoms with Crippen molar-refractivity contribution >= 4 is 11.8 Å². The Bertz CT molecular complexity index is 1640. The van der Waals surface area contributed by atoms with Crippen molar-refractivity contribution in [2.75, 3.05) is 14.2 Å². The molecule has 0 unspecified atom stereocenters. The molecule has 0 saturated carbocycles. The first-order chi connectivity index (χ1) is 22.6. The Balaban J connectivity index is 1.26. The summed E-state index contributed by atoms with van der Waals surface area (Å²) in [6.45, 7) is 0.820. The van der Waals surface area contributed by atoms with Crippen molar-refractivity contribution in [1.82, 2.24) is 20.6 Å². The Morgan fingerprint density at radius 1 is 0.565 bits per heavy atom. The van der Waals surface area contributed by atoms with Gasteiger partial charge in [0.1, 0.15) is 36.2 Å². The predicted octanol–water partition coefficient (Wildman–Crippen LogP) is 5.51. The molecule has 234 valence electrons. The SMILES string of the molecule is COc1cc(COc2ccccc2C(=O)NCc2ccccn2)c(OC)cc1COc1ccccc1C(=O)NCc1ccccn1. The molecule has 10 nitrogen and oxygen atoms in total. The van der Waals surface area contributed by atoms with Gasteiger partial charge in [-0.05, 0) is 60.7 Å².